The summed E-state index contributed by atoms with van der Waals surface area (Å²) in [6, 6.07) is 15.7. The molecule has 6 heteroatoms. The Hall–Kier alpha value is -3.41. The van der Waals surface area contributed by atoms with Crippen molar-refractivity contribution >= 4 is 17.8 Å². The standard InChI is InChI=1S/C39H47NO5/c1-23(40-37(43)44-22-32-29-11-7-5-9-27(29)28-10-6-8-12-30(28)32)36(42)45-24(2)33-15-16-34-31-14-13-25-21-26(41)17-19-38(25,3)35(31)18-20-39(33,34)4/h5-12,21,23-24,31-35H,13-20,22H2,1-4H3,(H,40,43)/t23-,24-,31?,33+,34?,35?,38-,39+/m0/s1. The molecule has 2 aromatic rings. The van der Waals surface area contributed by atoms with Gasteiger partial charge in [-0.1, -0.05) is 68.0 Å². The molecule has 0 radical (unpaired) electrons. The minimum atomic E-state index is -0.804. The molecule has 3 unspecified atom stereocenters. The van der Waals surface area contributed by atoms with Gasteiger partial charge in [-0.25, -0.2) is 9.59 Å². The molecule has 0 heterocycles. The summed E-state index contributed by atoms with van der Waals surface area (Å²) in [6.07, 6.45) is 9.58. The molecule has 1 amide bonds. The largest absolute Gasteiger partial charge is 0.461 e. The summed E-state index contributed by atoms with van der Waals surface area (Å²) < 4.78 is 11.8. The predicted octanol–water partition coefficient (Wildman–Crippen LogP) is 7.99. The topological polar surface area (TPSA) is 81.7 Å². The smallest absolute Gasteiger partial charge is 0.407 e. The summed E-state index contributed by atoms with van der Waals surface area (Å²) in [4.78, 5) is 38.2. The Morgan fingerprint density at radius 1 is 0.889 bits per heavy atom. The van der Waals surface area contributed by atoms with Gasteiger partial charge in [0.05, 0.1) is 0 Å². The number of nitrogens with one attached hydrogen (secondary N) is 1. The molecule has 0 saturated heterocycles. The zero-order chi connectivity index (χ0) is 31.5. The van der Waals surface area contributed by atoms with Crippen LogP contribution in [0, 0.1) is 34.5 Å². The van der Waals surface area contributed by atoms with E-state index in [2.05, 4.69) is 43.4 Å². The Labute approximate surface area is 267 Å². The number of benzene rings is 2. The number of hydrogen-bond acceptors (Lipinski definition) is 5. The van der Waals surface area contributed by atoms with E-state index in [1.54, 1.807) is 6.92 Å². The van der Waals surface area contributed by atoms with Gasteiger partial charge in [-0.05, 0) is 116 Å². The number of ketones is 1. The molecule has 5 aliphatic carbocycles. The molecule has 5 aliphatic rings. The maximum absolute atomic E-state index is 13.2. The molecule has 2 aromatic carbocycles. The third-order valence-corrected chi connectivity index (χ3v) is 12.9. The summed E-state index contributed by atoms with van der Waals surface area (Å²) in [7, 11) is 0. The van der Waals surface area contributed by atoms with Gasteiger partial charge in [-0.2, -0.15) is 0 Å². The van der Waals surface area contributed by atoms with E-state index in [0.29, 0.717) is 35.9 Å². The van der Waals surface area contributed by atoms with Crippen LogP contribution in [0.15, 0.2) is 60.2 Å². The van der Waals surface area contributed by atoms with Gasteiger partial charge in [0.2, 0.25) is 0 Å². The molecular weight excluding hydrogens is 562 g/mol. The fourth-order valence-electron chi connectivity index (χ4n) is 10.6. The van der Waals surface area contributed by atoms with Crippen molar-refractivity contribution in [2.45, 2.75) is 97.1 Å². The Morgan fingerprint density at radius 2 is 1.58 bits per heavy atom. The maximum Gasteiger partial charge on any atom is 0.407 e. The molecule has 6 nitrogen and oxygen atoms in total. The van der Waals surface area contributed by atoms with Crippen LogP contribution in [0.4, 0.5) is 4.79 Å². The van der Waals surface area contributed by atoms with E-state index < -0.39 is 18.1 Å². The number of ether oxygens (including phenoxy) is 2. The van der Waals surface area contributed by atoms with Crippen LogP contribution in [-0.4, -0.2) is 36.6 Å². The number of amides is 1. The molecule has 0 aliphatic heterocycles. The number of carbonyl (C=O) groups is 3. The number of carbonyl (C=O) groups excluding carboxylic acids is 3. The maximum atomic E-state index is 13.2. The summed E-state index contributed by atoms with van der Waals surface area (Å²) in [5.41, 5.74) is 6.35. The second-order valence-corrected chi connectivity index (χ2v) is 15.0. The van der Waals surface area contributed by atoms with Gasteiger partial charge in [0, 0.05) is 18.3 Å². The van der Waals surface area contributed by atoms with Crippen LogP contribution in [0.5, 0.6) is 0 Å². The van der Waals surface area contributed by atoms with Crippen LogP contribution < -0.4 is 5.32 Å². The predicted molar refractivity (Wildman–Crippen MR) is 173 cm³/mol. The lowest BCUT2D eigenvalue weighted by Gasteiger charge is -2.58. The number of esters is 1. The average molecular weight is 610 g/mol. The van der Waals surface area contributed by atoms with Crippen molar-refractivity contribution < 1.29 is 23.9 Å². The fourth-order valence-corrected chi connectivity index (χ4v) is 10.6. The molecule has 238 valence electrons. The minimum absolute atomic E-state index is 0.0356. The van der Waals surface area contributed by atoms with Crippen LogP contribution in [0.25, 0.3) is 11.1 Å². The second-order valence-electron chi connectivity index (χ2n) is 15.0. The second kappa shape index (κ2) is 11.4. The van der Waals surface area contributed by atoms with Crippen LogP contribution in [0.3, 0.4) is 0 Å². The van der Waals surface area contributed by atoms with Gasteiger partial charge in [0.25, 0.3) is 0 Å². The van der Waals surface area contributed by atoms with Crippen molar-refractivity contribution in [3.63, 3.8) is 0 Å². The molecule has 1 N–H and O–H groups in total. The van der Waals surface area contributed by atoms with Crippen molar-refractivity contribution in [1.29, 1.82) is 0 Å². The highest BCUT2D eigenvalue weighted by Gasteiger charge is 2.60. The lowest BCUT2D eigenvalue weighted by atomic mass is 9.46. The van der Waals surface area contributed by atoms with E-state index in [1.807, 2.05) is 37.3 Å². The Bertz CT molecular complexity index is 1500. The Kier molecular flexibility index (Phi) is 7.69. The van der Waals surface area contributed by atoms with Crippen molar-refractivity contribution in [3.05, 3.63) is 71.3 Å². The molecule has 0 aromatic heterocycles. The third kappa shape index (κ3) is 5.03. The number of fused-ring (bicyclic) bond motifs is 8. The molecule has 45 heavy (non-hydrogen) atoms. The van der Waals surface area contributed by atoms with Crippen LogP contribution in [-0.2, 0) is 19.1 Å². The first-order valence-electron chi connectivity index (χ1n) is 17.2. The van der Waals surface area contributed by atoms with Crippen molar-refractivity contribution in [2.75, 3.05) is 6.61 Å². The van der Waals surface area contributed by atoms with Gasteiger partial charge >= 0.3 is 12.1 Å². The van der Waals surface area contributed by atoms with E-state index in [-0.39, 0.29) is 29.5 Å². The number of alkyl carbamates (subject to hydrolysis) is 1. The number of allylic oxidation sites excluding steroid dienone is 1. The quantitative estimate of drug-likeness (QED) is 0.336. The highest BCUT2D eigenvalue weighted by molar-refractivity contribution is 5.91. The normalized spacial score (nSPS) is 33.0. The van der Waals surface area contributed by atoms with Gasteiger partial charge in [-0.3, -0.25) is 4.79 Å². The van der Waals surface area contributed by atoms with E-state index in [4.69, 9.17) is 9.47 Å². The lowest BCUT2D eigenvalue weighted by molar-refractivity contribution is -0.157. The van der Waals surface area contributed by atoms with E-state index in [0.717, 1.165) is 36.8 Å². The fraction of sp³-hybridized carbons (Fsp3) is 0.564. The van der Waals surface area contributed by atoms with E-state index in [1.165, 1.54) is 36.0 Å². The van der Waals surface area contributed by atoms with Crippen LogP contribution in [0.2, 0.25) is 0 Å². The van der Waals surface area contributed by atoms with E-state index >= 15 is 0 Å². The summed E-state index contributed by atoms with van der Waals surface area (Å²) in [5, 5.41) is 2.72. The molecular formula is C39H47NO5. The van der Waals surface area contributed by atoms with Crippen molar-refractivity contribution in [1.82, 2.24) is 5.32 Å². The highest BCUT2D eigenvalue weighted by atomic mass is 16.6. The van der Waals surface area contributed by atoms with Crippen LogP contribution >= 0.6 is 0 Å². The van der Waals surface area contributed by atoms with Crippen molar-refractivity contribution in [3.8, 4) is 11.1 Å². The highest BCUT2D eigenvalue weighted by Crippen LogP contribution is 2.67. The molecule has 0 spiro atoms. The third-order valence-electron chi connectivity index (χ3n) is 12.9. The summed E-state index contributed by atoms with van der Waals surface area (Å²) in [5.74, 6) is 2.08. The zero-order valence-electron chi connectivity index (χ0n) is 27.1. The Balaban J connectivity index is 0.946. The molecule has 0 bridgehead atoms. The lowest BCUT2D eigenvalue weighted by Crippen LogP contribution is -2.51. The first-order valence-corrected chi connectivity index (χ1v) is 17.2. The van der Waals surface area contributed by atoms with Gasteiger partial charge < -0.3 is 14.8 Å². The first-order chi connectivity index (χ1) is 21.6. The molecule has 3 saturated carbocycles. The minimum Gasteiger partial charge on any atom is -0.461 e. The Morgan fingerprint density at radius 3 is 2.29 bits per heavy atom. The zero-order valence-corrected chi connectivity index (χ0v) is 27.1. The van der Waals surface area contributed by atoms with Crippen LogP contribution in [0.1, 0.15) is 96.1 Å². The number of rotatable bonds is 6. The molecule has 8 atom stereocenters. The molecule has 3 fully saturated rings. The van der Waals surface area contributed by atoms with Gasteiger partial charge in [-0.15, -0.1) is 0 Å². The first kappa shape index (κ1) is 30.3. The number of hydrogen-bond donors (Lipinski definition) is 1. The van der Waals surface area contributed by atoms with Gasteiger partial charge in [0.1, 0.15) is 18.8 Å². The average Bonchev–Trinajstić information content (AvgIpc) is 3.55. The monoisotopic (exact) mass is 609 g/mol. The molecule has 7 rings (SSSR count). The van der Waals surface area contributed by atoms with Gasteiger partial charge in [0.15, 0.2) is 5.78 Å². The van der Waals surface area contributed by atoms with Crippen molar-refractivity contribution in [2.24, 2.45) is 34.5 Å². The SMILES string of the molecule is C[C@H](NC(=O)OCC1c2ccccc2-c2ccccc21)C(=O)O[C@@H](C)[C@H]1CCC2C3CCC4=CC(=O)CC[C@]4(C)C3CC[C@@]21C. The summed E-state index contributed by atoms with van der Waals surface area (Å²) >= 11 is 0. The summed E-state index contributed by atoms with van der Waals surface area (Å²) in [6.45, 7) is 8.77. The van der Waals surface area contributed by atoms with E-state index in [9.17, 15) is 14.4 Å².